The Kier molecular flexibility index (Phi) is 11.7. The quantitative estimate of drug-likeness (QED) is 0.135. The summed E-state index contributed by atoms with van der Waals surface area (Å²) in [6, 6.07) is 20.2. The summed E-state index contributed by atoms with van der Waals surface area (Å²) < 4.78 is 57.8. The first kappa shape index (κ1) is 35.0. The SMILES string of the molecule is C[C@H](CCCCN(c1cc(Cl)ccc1Cl)S(=O)(=O)c1ccc(Cl)cc1)N(c1cc(Cl)ccc1Cl)S(=O)(=O)c1ccc(Cl)cc1. The van der Waals surface area contributed by atoms with Gasteiger partial charge in [-0.2, -0.15) is 0 Å². The van der Waals surface area contributed by atoms with Crippen LogP contribution < -0.4 is 8.61 Å². The molecule has 0 aliphatic rings. The summed E-state index contributed by atoms with van der Waals surface area (Å²) in [5, 5.41) is 1.82. The lowest BCUT2D eigenvalue weighted by atomic mass is 10.1. The molecule has 1 atom stereocenters. The zero-order valence-corrected chi connectivity index (χ0v) is 29.3. The zero-order chi connectivity index (χ0) is 32.2. The second-order valence-electron chi connectivity index (χ2n) is 9.82. The first-order chi connectivity index (χ1) is 20.7. The molecule has 6 nitrogen and oxygen atoms in total. The van der Waals surface area contributed by atoms with Crippen LogP contribution in [-0.2, 0) is 20.0 Å². The molecule has 4 aromatic carbocycles. The highest BCUT2D eigenvalue weighted by molar-refractivity contribution is 7.93. The van der Waals surface area contributed by atoms with Crippen LogP contribution in [0.25, 0.3) is 0 Å². The molecule has 0 fully saturated rings. The fourth-order valence-electron chi connectivity index (χ4n) is 4.57. The van der Waals surface area contributed by atoms with Gasteiger partial charge in [0.15, 0.2) is 0 Å². The van der Waals surface area contributed by atoms with E-state index in [1.54, 1.807) is 19.1 Å². The number of nitrogens with zero attached hydrogens (tertiary/aromatic N) is 2. The van der Waals surface area contributed by atoms with E-state index in [9.17, 15) is 16.8 Å². The first-order valence-corrected chi connectivity index (χ1v) is 18.3. The summed E-state index contributed by atoms with van der Waals surface area (Å²) >= 11 is 37.4. The molecule has 4 aromatic rings. The third-order valence-corrected chi connectivity index (χ3v) is 12.1. The van der Waals surface area contributed by atoms with Gasteiger partial charge in [0.2, 0.25) is 0 Å². The van der Waals surface area contributed by atoms with E-state index in [0.717, 1.165) is 0 Å². The van der Waals surface area contributed by atoms with Gasteiger partial charge in [-0.3, -0.25) is 8.61 Å². The molecule has 0 amide bonds. The monoisotopic (exact) mass is 752 g/mol. The minimum atomic E-state index is -4.10. The van der Waals surface area contributed by atoms with Gasteiger partial charge >= 0.3 is 0 Å². The summed E-state index contributed by atoms with van der Waals surface area (Å²) in [6.45, 7) is 1.79. The fourth-order valence-corrected chi connectivity index (χ4v) is 8.90. The third kappa shape index (κ3) is 8.09. The normalized spacial score (nSPS) is 12.6. The smallest absolute Gasteiger partial charge is 0.264 e. The Hall–Kier alpha value is -1.88. The van der Waals surface area contributed by atoms with Crippen molar-refractivity contribution in [1.29, 1.82) is 0 Å². The molecule has 0 aliphatic heterocycles. The van der Waals surface area contributed by atoms with Crippen molar-refractivity contribution in [2.24, 2.45) is 0 Å². The second kappa shape index (κ2) is 14.7. The lowest BCUT2D eigenvalue weighted by molar-refractivity contribution is 0.556. The Morgan fingerprint density at radius 2 is 1.00 bits per heavy atom. The van der Waals surface area contributed by atoms with Crippen molar-refractivity contribution in [3.8, 4) is 0 Å². The standard InChI is InChI=1S/C30H26Cl6N2O4S2/c1-20(38(30-19-24(34)10-16-28(30)36)44(41,42)26-13-7-22(32)8-14-26)4-2-3-17-37(29-18-23(33)9-15-27(29)35)43(39,40)25-11-5-21(31)6-12-25/h5-16,18-20H,2-4,17H2,1H3/t20-/m1/s1. The summed E-state index contributed by atoms with van der Waals surface area (Å²) in [6.07, 6.45) is 1.16. The van der Waals surface area contributed by atoms with E-state index >= 15 is 0 Å². The van der Waals surface area contributed by atoms with Crippen molar-refractivity contribution in [3.63, 3.8) is 0 Å². The Labute approximate surface area is 288 Å². The second-order valence-corrected chi connectivity index (χ2v) is 16.1. The van der Waals surface area contributed by atoms with E-state index in [4.69, 9.17) is 69.6 Å². The van der Waals surface area contributed by atoms with Gasteiger partial charge in [-0.25, -0.2) is 16.8 Å². The molecule has 0 unspecified atom stereocenters. The number of halogens is 6. The minimum absolute atomic E-state index is 0.0284. The highest BCUT2D eigenvalue weighted by Gasteiger charge is 2.32. The van der Waals surface area contributed by atoms with Gasteiger partial charge in [0.1, 0.15) is 0 Å². The Balaban J connectivity index is 1.61. The van der Waals surface area contributed by atoms with Crippen LogP contribution in [0.15, 0.2) is 94.7 Å². The number of benzene rings is 4. The topological polar surface area (TPSA) is 74.8 Å². The zero-order valence-electron chi connectivity index (χ0n) is 23.1. The molecule has 4 rings (SSSR count). The van der Waals surface area contributed by atoms with E-state index in [1.807, 2.05) is 0 Å². The molecule has 0 aromatic heterocycles. The molecule has 0 heterocycles. The molecule has 0 radical (unpaired) electrons. The van der Waals surface area contributed by atoms with E-state index in [0.29, 0.717) is 39.4 Å². The van der Waals surface area contributed by atoms with Gasteiger partial charge in [0.05, 0.1) is 31.2 Å². The van der Waals surface area contributed by atoms with Crippen molar-refractivity contribution < 1.29 is 16.8 Å². The van der Waals surface area contributed by atoms with Crippen LogP contribution in [0.2, 0.25) is 30.1 Å². The highest BCUT2D eigenvalue weighted by Crippen LogP contribution is 2.37. The maximum Gasteiger partial charge on any atom is 0.264 e. The molecule has 0 saturated heterocycles. The van der Waals surface area contributed by atoms with Gasteiger partial charge in [-0.1, -0.05) is 69.6 Å². The number of anilines is 2. The Bertz CT molecular complexity index is 1840. The van der Waals surface area contributed by atoms with Crippen LogP contribution in [0.1, 0.15) is 26.2 Å². The third-order valence-electron chi connectivity index (χ3n) is 6.73. The maximum atomic E-state index is 13.9. The molecule has 0 aliphatic carbocycles. The number of hydrogen-bond donors (Lipinski definition) is 0. The molecule has 0 N–H and O–H groups in total. The van der Waals surface area contributed by atoms with Crippen LogP contribution in [0.4, 0.5) is 11.4 Å². The largest absolute Gasteiger partial charge is 0.265 e. The predicted molar refractivity (Wildman–Crippen MR) is 183 cm³/mol. The number of sulfonamides is 2. The summed E-state index contributed by atoms with van der Waals surface area (Å²) in [5.41, 5.74) is 0.444. The fraction of sp³-hybridized carbons (Fsp3) is 0.200. The van der Waals surface area contributed by atoms with E-state index in [2.05, 4.69) is 0 Å². The average molecular weight is 755 g/mol. The van der Waals surface area contributed by atoms with Crippen molar-refractivity contribution >= 4 is 101 Å². The van der Waals surface area contributed by atoms with Crippen LogP contribution in [0, 0.1) is 0 Å². The van der Waals surface area contributed by atoms with Gasteiger partial charge in [0, 0.05) is 32.7 Å². The van der Waals surface area contributed by atoms with Crippen molar-refractivity contribution in [2.45, 2.75) is 42.0 Å². The number of hydrogen-bond acceptors (Lipinski definition) is 4. The molecular formula is C30H26Cl6N2O4S2. The molecule has 0 saturated carbocycles. The van der Waals surface area contributed by atoms with Crippen molar-refractivity contribution in [3.05, 3.63) is 115 Å². The number of rotatable bonds is 12. The van der Waals surface area contributed by atoms with Crippen LogP contribution in [0.3, 0.4) is 0 Å². The predicted octanol–water partition coefficient (Wildman–Crippen LogP) is 10.3. The van der Waals surface area contributed by atoms with E-state index < -0.39 is 26.1 Å². The van der Waals surface area contributed by atoms with Crippen LogP contribution in [-0.4, -0.2) is 29.4 Å². The van der Waals surface area contributed by atoms with E-state index in [-0.39, 0.29) is 37.8 Å². The lowest BCUT2D eigenvalue weighted by Gasteiger charge is -2.32. The minimum Gasteiger partial charge on any atom is -0.265 e. The molecule has 44 heavy (non-hydrogen) atoms. The van der Waals surface area contributed by atoms with Crippen molar-refractivity contribution in [1.82, 2.24) is 0 Å². The molecule has 234 valence electrons. The maximum absolute atomic E-state index is 13.9. The van der Waals surface area contributed by atoms with Gasteiger partial charge in [-0.15, -0.1) is 0 Å². The Morgan fingerprint density at radius 3 is 1.52 bits per heavy atom. The first-order valence-electron chi connectivity index (χ1n) is 13.2. The molecular weight excluding hydrogens is 729 g/mol. The summed E-state index contributed by atoms with van der Waals surface area (Å²) in [4.78, 5) is 0.0581. The Morgan fingerprint density at radius 1 is 0.568 bits per heavy atom. The average Bonchev–Trinajstić information content (AvgIpc) is 2.96. The summed E-state index contributed by atoms with van der Waals surface area (Å²) in [5.74, 6) is 0. The number of unbranched alkanes of at least 4 members (excludes halogenated alkanes) is 1. The van der Waals surface area contributed by atoms with Gasteiger partial charge < -0.3 is 0 Å². The molecule has 0 bridgehead atoms. The van der Waals surface area contributed by atoms with E-state index in [1.165, 1.54) is 81.4 Å². The highest BCUT2D eigenvalue weighted by atomic mass is 35.5. The van der Waals surface area contributed by atoms with Gasteiger partial charge in [-0.05, 0) is 111 Å². The molecule has 0 spiro atoms. The van der Waals surface area contributed by atoms with Crippen molar-refractivity contribution in [2.75, 3.05) is 15.2 Å². The molecule has 14 heteroatoms. The van der Waals surface area contributed by atoms with Gasteiger partial charge in [0.25, 0.3) is 20.0 Å². The van der Waals surface area contributed by atoms with Crippen LogP contribution >= 0.6 is 69.6 Å². The summed E-state index contributed by atoms with van der Waals surface area (Å²) in [7, 11) is -8.16. The van der Waals surface area contributed by atoms with Crippen LogP contribution in [0.5, 0.6) is 0 Å². The lowest BCUT2D eigenvalue weighted by Crippen LogP contribution is -2.39.